The van der Waals surface area contributed by atoms with Gasteiger partial charge in [0.25, 0.3) is 0 Å². The highest BCUT2D eigenvalue weighted by atomic mass is 16.2. The van der Waals surface area contributed by atoms with Crippen LogP contribution in [-0.4, -0.2) is 23.9 Å². The fourth-order valence-corrected chi connectivity index (χ4v) is 1.17. The van der Waals surface area contributed by atoms with Gasteiger partial charge in [-0.25, -0.2) is 0 Å². The van der Waals surface area contributed by atoms with Gasteiger partial charge in [-0.15, -0.1) is 0 Å². The average molecular weight is 155 g/mol. The molecule has 11 heavy (non-hydrogen) atoms. The third-order valence-corrected chi connectivity index (χ3v) is 2.23. The molecule has 0 aromatic rings. The van der Waals surface area contributed by atoms with Crippen LogP contribution in [0.15, 0.2) is 0 Å². The van der Waals surface area contributed by atoms with Crippen molar-refractivity contribution >= 4 is 5.91 Å². The van der Waals surface area contributed by atoms with Crippen LogP contribution in [0.25, 0.3) is 0 Å². The van der Waals surface area contributed by atoms with E-state index in [1.54, 1.807) is 0 Å². The second-order valence-electron chi connectivity index (χ2n) is 3.34. The third kappa shape index (κ3) is 2.52. The molecule has 0 heterocycles. The lowest BCUT2D eigenvalue weighted by atomic mass is 10.2. The normalized spacial score (nSPS) is 16.5. The minimum Gasteiger partial charge on any atom is -0.343 e. The van der Waals surface area contributed by atoms with E-state index in [1.165, 1.54) is 12.8 Å². The molecule has 1 saturated carbocycles. The van der Waals surface area contributed by atoms with Crippen molar-refractivity contribution < 1.29 is 4.79 Å². The first-order valence-electron chi connectivity index (χ1n) is 4.51. The van der Waals surface area contributed by atoms with Crippen LogP contribution in [0.4, 0.5) is 0 Å². The third-order valence-electron chi connectivity index (χ3n) is 2.23. The van der Waals surface area contributed by atoms with Gasteiger partial charge in [0.15, 0.2) is 0 Å². The number of hydrogen-bond acceptors (Lipinski definition) is 1. The molecule has 1 aliphatic rings. The van der Waals surface area contributed by atoms with Gasteiger partial charge in [-0.3, -0.25) is 4.79 Å². The van der Waals surface area contributed by atoms with Crippen molar-refractivity contribution in [2.45, 2.75) is 45.1 Å². The van der Waals surface area contributed by atoms with E-state index in [9.17, 15) is 4.79 Å². The molecule has 0 aliphatic heterocycles. The van der Waals surface area contributed by atoms with E-state index >= 15 is 0 Å². The van der Waals surface area contributed by atoms with E-state index in [-0.39, 0.29) is 0 Å². The van der Waals surface area contributed by atoms with Gasteiger partial charge in [-0.2, -0.15) is 0 Å². The zero-order valence-corrected chi connectivity index (χ0v) is 7.47. The van der Waals surface area contributed by atoms with Crippen molar-refractivity contribution in [3.63, 3.8) is 0 Å². The van der Waals surface area contributed by atoms with E-state index in [0.29, 0.717) is 11.9 Å². The largest absolute Gasteiger partial charge is 0.343 e. The van der Waals surface area contributed by atoms with Gasteiger partial charge < -0.3 is 4.90 Å². The summed E-state index contributed by atoms with van der Waals surface area (Å²) in [5, 5.41) is 0. The number of nitrogens with zero attached hydrogens (tertiary/aromatic N) is 1. The maximum absolute atomic E-state index is 11.3. The summed E-state index contributed by atoms with van der Waals surface area (Å²) in [5.74, 6) is 0.328. The van der Waals surface area contributed by atoms with Crippen LogP contribution in [0.3, 0.4) is 0 Å². The first-order chi connectivity index (χ1) is 5.25. The summed E-state index contributed by atoms with van der Waals surface area (Å²) in [6.07, 6.45) is 5.33. The molecule has 1 fully saturated rings. The smallest absolute Gasteiger partial charge is 0.222 e. The van der Waals surface area contributed by atoms with Crippen molar-refractivity contribution in [1.82, 2.24) is 4.90 Å². The number of hydrogen-bond donors (Lipinski definition) is 0. The first-order valence-corrected chi connectivity index (χ1v) is 4.51. The quantitative estimate of drug-likeness (QED) is 0.606. The molecule has 1 rings (SSSR count). The Morgan fingerprint density at radius 3 is 2.64 bits per heavy atom. The summed E-state index contributed by atoms with van der Waals surface area (Å²) in [7, 11) is 1.93. The molecule has 0 aromatic carbocycles. The number of carbonyl (C=O) groups is 1. The molecule has 0 unspecified atom stereocenters. The van der Waals surface area contributed by atoms with Crippen molar-refractivity contribution in [3.05, 3.63) is 0 Å². The molecule has 0 saturated heterocycles. The molecule has 0 aromatic heterocycles. The minimum absolute atomic E-state index is 0.328. The zero-order chi connectivity index (χ0) is 8.27. The molecule has 0 atom stereocenters. The van der Waals surface area contributed by atoms with Crippen LogP contribution < -0.4 is 0 Å². The maximum atomic E-state index is 11.3. The first kappa shape index (κ1) is 8.57. The summed E-state index contributed by atoms with van der Waals surface area (Å²) < 4.78 is 0. The Morgan fingerprint density at radius 1 is 1.55 bits per heavy atom. The predicted octanol–water partition coefficient (Wildman–Crippen LogP) is 1.80. The molecule has 1 amide bonds. The number of rotatable bonds is 4. The van der Waals surface area contributed by atoms with Crippen molar-refractivity contribution in [1.29, 1.82) is 0 Å². The standard InChI is InChI=1S/C9H17NO/c1-3-4-5-9(11)10(2)8-6-7-8/h8H,3-7H2,1-2H3. The van der Waals surface area contributed by atoms with Crippen molar-refractivity contribution in [2.75, 3.05) is 7.05 Å². The van der Waals surface area contributed by atoms with Crippen LogP contribution >= 0.6 is 0 Å². The molecular weight excluding hydrogens is 138 g/mol. The van der Waals surface area contributed by atoms with E-state index in [2.05, 4.69) is 6.92 Å². The van der Waals surface area contributed by atoms with Crippen LogP contribution in [0.5, 0.6) is 0 Å². The number of unbranched alkanes of at least 4 members (excludes halogenated alkanes) is 1. The van der Waals surface area contributed by atoms with Crippen molar-refractivity contribution in [3.8, 4) is 0 Å². The summed E-state index contributed by atoms with van der Waals surface area (Å²) in [6.45, 7) is 2.12. The molecule has 0 N–H and O–H groups in total. The molecule has 0 spiro atoms. The Morgan fingerprint density at radius 2 is 2.18 bits per heavy atom. The lowest BCUT2D eigenvalue weighted by Gasteiger charge is -2.15. The van der Waals surface area contributed by atoms with Crippen LogP contribution in [-0.2, 0) is 4.79 Å². The Balaban J connectivity index is 2.16. The SMILES string of the molecule is CCCCC(=O)N(C)C1CC1. The topological polar surface area (TPSA) is 20.3 Å². The lowest BCUT2D eigenvalue weighted by Crippen LogP contribution is -2.28. The summed E-state index contributed by atoms with van der Waals surface area (Å²) in [5.41, 5.74) is 0. The second-order valence-corrected chi connectivity index (χ2v) is 3.34. The highest BCUT2D eigenvalue weighted by Gasteiger charge is 2.28. The molecule has 0 bridgehead atoms. The molecular formula is C9H17NO. The Bertz CT molecular complexity index is 140. The van der Waals surface area contributed by atoms with E-state index in [4.69, 9.17) is 0 Å². The molecule has 64 valence electrons. The average Bonchev–Trinajstić information content (AvgIpc) is 2.81. The fraction of sp³-hybridized carbons (Fsp3) is 0.889. The highest BCUT2D eigenvalue weighted by molar-refractivity contribution is 5.76. The van der Waals surface area contributed by atoms with Gasteiger partial charge in [0.1, 0.15) is 0 Å². The van der Waals surface area contributed by atoms with Gasteiger partial charge in [0.05, 0.1) is 0 Å². The predicted molar refractivity (Wildman–Crippen MR) is 45.3 cm³/mol. The molecule has 1 aliphatic carbocycles. The Labute approximate surface area is 68.6 Å². The maximum Gasteiger partial charge on any atom is 0.222 e. The van der Waals surface area contributed by atoms with Gasteiger partial charge in [-0.1, -0.05) is 13.3 Å². The summed E-state index contributed by atoms with van der Waals surface area (Å²) in [4.78, 5) is 13.2. The van der Waals surface area contributed by atoms with Crippen LogP contribution in [0.2, 0.25) is 0 Å². The highest BCUT2D eigenvalue weighted by Crippen LogP contribution is 2.25. The minimum atomic E-state index is 0.328. The van der Waals surface area contributed by atoms with Crippen LogP contribution in [0.1, 0.15) is 39.0 Å². The van der Waals surface area contributed by atoms with Gasteiger partial charge in [0, 0.05) is 19.5 Å². The summed E-state index contributed by atoms with van der Waals surface area (Å²) in [6, 6.07) is 0.583. The number of amides is 1. The lowest BCUT2D eigenvalue weighted by molar-refractivity contribution is -0.130. The molecule has 2 heteroatoms. The molecule has 2 nitrogen and oxygen atoms in total. The Hall–Kier alpha value is -0.530. The van der Waals surface area contributed by atoms with Gasteiger partial charge in [0.2, 0.25) is 5.91 Å². The summed E-state index contributed by atoms with van der Waals surface area (Å²) >= 11 is 0. The molecule has 0 radical (unpaired) electrons. The second kappa shape index (κ2) is 3.74. The zero-order valence-electron chi connectivity index (χ0n) is 7.47. The monoisotopic (exact) mass is 155 g/mol. The van der Waals surface area contributed by atoms with E-state index in [0.717, 1.165) is 19.3 Å². The van der Waals surface area contributed by atoms with E-state index < -0.39 is 0 Å². The van der Waals surface area contributed by atoms with Gasteiger partial charge >= 0.3 is 0 Å². The van der Waals surface area contributed by atoms with E-state index in [1.807, 2.05) is 11.9 Å². The Kier molecular flexibility index (Phi) is 2.92. The van der Waals surface area contributed by atoms with Gasteiger partial charge in [-0.05, 0) is 19.3 Å². The van der Waals surface area contributed by atoms with Crippen LogP contribution in [0, 0.1) is 0 Å². The fourth-order valence-electron chi connectivity index (χ4n) is 1.17. The number of carbonyl (C=O) groups excluding carboxylic acids is 1. The van der Waals surface area contributed by atoms with Crippen molar-refractivity contribution in [2.24, 2.45) is 0 Å².